The van der Waals surface area contributed by atoms with Gasteiger partial charge in [0.05, 0.1) is 21.8 Å². The van der Waals surface area contributed by atoms with Crippen LogP contribution in [0, 0.1) is 0 Å². The molecule has 0 aliphatic carbocycles. The third-order valence-corrected chi connectivity index (χ3v) is 9.34. The molecule has 6 aromatic rings. The Kier molecular flexibility index (Phi) is 7.75. The van der Waals surface area contributed by atoms with E-state index in [9.17, 15) is 9.59 Å². The third kappa shape index (κ3) is 5.66. The molecule has 1 N–H and O–H groups in total. The number of fused-ring (bicyclic) bond motifs is 2. The summed E-state index contributed by atoms with van der Waals surface area (Å²) >= 11 is 13.7. The number of nitrogens with one attached hydrogen (secondary N) is 1. The van der Waals surface area contributed by atoms with Crippen molar-refractivity contribution in [1.82, 2.24) is 9.13 Å². The fraction of sp³-hybridized carbons (Fsp3) is 0.0833. The maximum Gasteiger partial charge on any atom is 0.271 e. The Morgan fingerprint density at radius 1 is 0.911 bits per heavy atom. The number of carbonyl (C=O) groups is 1. The van der Waals surface area contributed by atoms with Gasteiger partial charge in [-0.2, -0.15) is 0 Å². The molecule has 1 aliphatic heterocycles. The number of thiazole rings is 1. The Bertz CT molecular complexity index is 2280. The molecule has 3 heterocycles. The van der Waals surface area contributed by atoms with Crippen molar-refractivity contribution >= 4 is 63.1 Å². The van der Waals surface area contributed by atoms with E-state index in [4.69, 9.17) is 28.2 Å². The van der Waals surface area contributed by atoms with E-state index in [0.29, 0.717) is 42.9 Å². The van der Waals surface area contributed by atoms with Crippen LogP contribution < -0.4 is 20.2 Å². The average molecular weight is 650 g/mol. The number of hydrogen-bond acceptors (Lipinski definition) is 4. The molecule has 0 saturated carbocycles. The molecule has 1 aliphatic rings. The summed E-state index contributed by atoms with van der Waals surface area (Å²) in [6.45, 7) is 2.46. The van der Waals surface area contributed by atoms with E-state index in [0.717, 1.165) is 27.6 Å². The van der Waals surface area contributed by atoms with Crippen molar-refractivity contribution in [3.05, 3.63) is 167 Å². The third-order valence-electron chi connectivity index (χ3n) is 7.86. The Balaban J connectivity index is 1.35. The number of aromatic nitrogens is 2. The highest BCUT2D eigenvalue weighted by Gasteiger charge is 2.32. The van der Waals surface area contributed by atoms with Gasteiger partial charge < -0.3 is 9.88 Å². The maximum atomic E-state index is 14.3. The highest BCUT2D eigenvalue weighted by atomic mass is 35.5. The van der Waals surface area contributed by atoms with E-state index in [1.807, 2.05) is 91.9 Å². The second-order valence-corrected chi connectivity index (χ2v) is 12.7. The number of halogens is 2. The molecule has 0 fully saturated rings. The van der Waals surface area contributed by atoms with E-state index in [2.05, 4.69) is 28.2 Å². The number of allylic oxidation sites excluding steroid dienone is 1. The second-order valence-electron chi connectivity index (χ2n) is 10.8. The number of carbonyl (C=O) groups excluding carboxylic acids is 1. The lowest BCUT2D eigenvalue weighted by Crippen LogP contribution is -2.40. The molecule has 9 heteroatoms. The predicted molar refractivity (Wildman–Crippen MR) is 183 cm³/mol. The van der Waals surface area contributed by atoms with Gasteiger partial charge in [0.1, 0.15) is 0 Å². The van der Waals surface area contributed by atoms with E-state index in [1.54, 1.807) is 16.7 Å². The number of rotatable bonds is 6. The number of benzene rings is 4. The molecule has 1 atom stereocenters. The van der Waals surface area contributed by atoms with Crippen molar-refractivity contribution in [1.29, 1.82) is 0 Å². The summed E-state index contributed by atoms with van der Waals surface area (Å²) in [5, 5.41) is 5.28. The van der Waals surface area contributed by atoms with Crippen molar-refractivity contribution in [2.75, 3.05) is 5.32 Å². The predicted octanol–water partition coefficient (Wildman–Crippen LogP) is 7.18. The zero-order valence-electron chi connectivity index (χ0n) is 24.1. The monoisotopic (exact) mass is 648 g/mol. The molecule has 7 rings (SSSR count). The minimum absolute atomic E-state index is 0.217. The fourth-order valence-corrected chi connectivity index (χ4v) is 7.03. The Morgan fingerprint density at radius 2 is 1.58 bits per heavy atom. The zero-order chi connectivity index (χ0) is 31.1. The summed E-state index contributed by atoms with van der Waals surface area (Å²) in [5.74, 6) is -0.318. The van der Waals surface area contributed by atoms with Gasteiger partial charge in [0.15, 0.2) is 4.80 Å². The Labute approximate surface area is 272 Å². The van der Waals surface area contributed by atoms with Gasteiger partial charge in [0.25, 0.3) is 11.5 Å². The Morgan fingerprint density at radius 3 is 2.31 bits per heavy atom. The lowest BCUT2D eigenvalue weighted by molar-refractivity contribution is -0.113. The highest BCUT2D eigenvalue weighted by Crippen LogP contribution is 2.31. The lowest BCUT2D eigenvalue weighted by Gasteiger charge is -2.25. The first-order chi connectivity index (χ1) is 21.9. The summed E-state index contributed by atoms with van der Waals surface area (Å²) in [7, 11) is 0. The van der Waals surface area contributed by atoms with Gasteiger partial charge in [-0.25, -0.2) is 4.99 Å². The molecular weight excluding hydrogens is 623 g/mol. The quantitative estimate of drug-likeness (QED) is 0.208. The summed E-state index contributed by atoms with van der Waals surface area (Å²) in [6.07, 6.45) is 3.99. The minimum Gasteiger partial charge on any atom is -0.342 e. The fourth-order valence-electron chi connectivity index (χ4n) is 5.74. The van der Waals surface area contributed by atoms with Crippen LogP contribution in [0.2, 0.25) is 10.0 Å². The maximum absolute atomic E-state index is 14.3. The van der Waals surface area contributed by atoms with Gasteiger partial charge in [-0.05, 0) is 66.6 Å². The van der Waals surface area contributed by atoms with Crippen LogP contribution in [0.15, 0.2) is 130 Å². The molecule has 0 saturated heterocycles. The molecular formula is C36H26Cl2N4O2S. The molecule has 45 heavy (non-hydrogen) atoms. The first-order valence-corrected chi connectivity index (χ1v) is 15.9. The first-order valence-electron chi connectivity index (χ1n) is 14.3. The Hall–Kier alpha value is -4.69. The molecule has 0 spiro atoms. The summed E-state index contributed by atoms with van der Waals surface area (Å²) in [4.78, 5) is 33.3. The van der Waals surface area contributed by atoms with Gasteiger partial charge in [0.2, 0.25) is 0 Å². The van der Waals surface area contributed by atoms with Crippen molar-refractivity contribution in [2.45, 2.75) is 19.5 Å². The summed E-state index contributed by atoms with van der Waals surface area (Å²) < 4.78 is 4.33. The number of anilines is 1. The van der Waals surface area contributed by atoms with Crippen LogP contribution in [0.4, 0.5) is 5.69 Å². The first kappa shape index (κ1) is 29.0. The summed E-state index contributed by atoms with van der Waals surface area (Å²) in [5.41, 5.74) is 5.25. The van der Waals surface area contributed by atoms with Crippen LogP contribution in [0.25, 0.3) is 17.0 Å². The van der Waals surface area contributed by atoms with Crippen LogP contribution in [0.3, 0.4) is 0 Å². The molecule has 0 bridgehead atoms. The van der Waals surface area contributed by atoms with E-state index in [1.165, 1.54) is 11.3 Å². The average Bonchev–Trinajstić information content (AvgIpc) is 3.54. The van der Waals surface area contributed by atoms with Crippen LogP contribution in [0.1, 0.15) is 29.7 Å². The van der Waals surface area contributed by atoms with Gasteiger partial charge in [-0.15, -0.1) is 0 Å². The molecule has 2 aromatic heterocycles. The second kappa shape index (κ2) is 12.0. The normalized spacial score (nSPS) is 14.8. The molecule has 4 aromatic carbocycles. The van der Waals surface area contributed by atoms with E-state index < -0.39 is 6.04 Å². The van der Waals surface area contributed by atoms with Crippen LogP contribution >= 0.6 is 34.5 Å². The molecule has 0 radical (unpaired) electrons. The van der Waals surface area contributed by atoms with Crippen LogP contribution in [0.5, 0.6) is 0 Å². The van der Waals surface area contributed by atoms with Crippen molar-refractivity contribution < 1.29 is 4.79 Å². The smallest absolute Gasteiger partial charge is 0.271 e. The minimum atomic E-state index is -0.685. The van der Waals surface area contributed by atoms with Crippen molar-refractivity contribution in [3.8, 4) is 0 Å². The number of nitrogens with zero attached hydrogens (tertiary/aromatic N) is 3. The number of para-hydroxylation sites is 2. The molecule has 1 amide bonds. The van der Waals surface area contributed by atoms with Gasteiger partial charge in [0, 0.05) is 44.9 Å². The molecule has 222 valence electrons. The van der Waals surface area contributed by atoms with Crippen molar-refractivity contribution in [2.24, 2.45) is 4.99 Å². The summed E-state index contributed by atoms with van der Waals surface area (Å²) in [6, 6.07) is 31.7. The van der Waals surface area contributed by atoms with Crippen LogP contribution in [-0.4, -0.2) is 15.0 Å². The van der Waals surface area contributed by atoms with Gasteiger partial charge in [-0.3, -0.25) is 14.2 Å². The largest absolute Gasteiger partial charge is 0.342 e. The standard InChI is InChI=1S/C36H26Cl2N4O2S/c1-22-32(34(43)40-28-7-3-2-4-8-28)33(24-13-17-27(38)18-14-24)42-35(44)31(45-36(42)39-22)19-25-21-41(30-10-6-5-9-29(25)30)20-23-11-15-26(37)16-12-23/h2-19,21,33H,20H2,1H3,(H,40,43)/b31-19-/t33-/m1/s1. The van der Waals surface area contributed by atoms with Gasteiger partial charge >= 0.3 is 0 Å². The van der Waals surface area contributed by atoms with Crippen LogP contribution in [-0.2, 0) is 11.3 Å². The van der Waals surface area contributed by atoms with Gasteiger partial charge in [-0.1, -0.05) is 95.2 Å². The topological polar surface area (TPSA) is 68.4 Å². The van der Waals surface area contributed by atoms with Crippen molar-refractivity contribution in [3.63, 3.8) is 0 Å². The number of amides is 1. The molecule has 0 unspecified atom stereocenters. The molecule has 6 nitrogen and oxygen atoms in total. The SMILES string of the molecule is CC1=C(C(=O)Nc2ccccc2)[C@@H](c2ccc(Cl)cc2)n2c(s/c(=C\c3cn(Cc4ccc(Cl)cc4)c4ccccc34)c2=O)=N1. The number of hydrogen-bond donors (Lipinski definition) is 1. The highest BCUT2D eigenvalue weighted by molar-refractivity contribution is 7.07. The van der Waals surface area contributed by atoms with E-state index in [-0.39, 0.29) is 11.5 Å². The van der Waals surface area contributed by atoms with E-state index >= 15 is 0 Å². The lowest BCUT2D eigenvalue weighted by atomic mass is 9.95. The zero-order valence-corrected chi connectivity index (χ0v) is 26.4.